The topological polar surface area (TPSA) is 141 Å². The summed E-state index contributed by atoms with van der Waals surface area (Å²) in [5.74, 6) is -0.963. The molecule has 0 atom stereocenters. The Morgan fingerprint density at radius 1 is 1.38 bits per heavy atom. The van der Waals surface area contributed by atoms with Gasteiger partial charge in [0.15, 0.2) is 0 Å². The third-order valence-electron chi connectivity index (χ3n) is 0.749. The maximum Gasteiger partial charge on any atom is 0.466 e. The second kappa shape index (κ2) is 6.76. The van der Waals surface area contributed by atoms with Crippen molar-refractivity contribution in [2.75, 3.05) is 6.54 Å². The molecule has 0 heterocycles. The van der Waals surface area contributed by atoms with Gasteiger partial charge >= 0.3 is 13.8 Å². The molecule has 0 aliphatic heterocycles. The summed E-state index contributed by atoms with van der Waals surface area (Å²) in [6.45, 7) is 3.62. The Labute approximate surface area is 74.7 Å². The zero-order chi connectivity index (χ0) is 11.1. The van der Waals surface area contributed by atoms with Gasteiger partial charge in [-0.2, -0.15) is 0 Å². The molecule has 0 saturated carbocycles. The molecule has 0 aromatic heterocycles. The minimum Gasteiger partial charge on any atom is -0.478 e. The predicted octanol–water partition coefficient (Wildman–Crippen LogP) is -0.953. The Bertz CT molecular complexity index is 213. The molecule has 78 valence electrons. The van der Waals surface area contributed by atoms with Crippen molar-refractivity contribution in [3.63, 3.8) is 0 Å². The van der Waals surface area contributed by atoms with Gasteiger partial charge in [0, 0.05) is 5.57 Å². The van der Waals surface area contributed by atoms with Gasteiger partial charge < -0.3 is 25.5 Å². The van der Waals surface area contributed by atoms with Crippen LogP contribution in [0.5, 0.6) is 0 Å². The highest BCUT2D eigenvalue weighted by Crippen LogP contribution is 2.25. The lowest BCUT2D eigenvalue weighted by atomic mass is 10.2. The Kier molecular flexibility index (Phi) is 7.69. The van der Waals surface area contributed by atoms with Crippen LogP contribution in [0.2, 0.25) is 0 Å². The summed E-state index contributed by atoms with van der Waals surface area (Å²) in [7, 11) is -4.64. The smallest absolute Gasteiger partial charge is 0.466 e. The molecule has 0 aromatic rings. The summed E-state index contributed by atoms with van der Waals surface area (Å²) in [6, 6.07) is 0. The lowest BCUT2D eigenvalue weighted by molar-refractivity contribution is -0.132. The minimum absolute atomic E-state index is 0.174. The molecule has 0 rings (SSSR count). The monoisotopic (exact) mass is 213 g/mol. The van der Waals surface area contributed by atoms with E-state index in [1.54, 1.807) is 0 Å². The molecule has 0 saturated heterocycles. The number of nitrogens with two attached hydrogens (primary N) is 1. The molecule has 0 fully saturated rings. The quantitative estimate of drug-likeness (QED) is 0.300. The Morgan fingerprint density at radius 2 is 1.69 bits per heavy atom. The fourth-order valence-corrected chi connectivity index (χ4v) is 0.281. The number of aliphatic carboxylic acids is 1. The zero-order valence-electron chi connectivity index (χ0n) is 6.75. The number of carboxylic acid groups (broad SMARTS) is 1. The SMILES string of the molecule is C=C(CCN)C(=O)O.O=P(O)(O)O. The van der Waals surface area contributed by atoms with Gasteiger partial charge in [-0.1, -0.05) is 6.58 Å². The second-order valence-electron chi connectivity index (χ2n) is 1.96. The van der Waals surface area contributed by atoms with E-state index < -0.39 is 13.8 Å². The minimum atomic E-state index is -4.64. The van der Waals surface area contributed by atoms with E-state index in [1.165, 1.54) is 0 Å². The van der Waals surface area contributed by atoms with Gasteiger partial charge in [0.25, 0.3) is 0 Å². The van der Waals surface area contributed by atoms with Crippen molar-refractivity contribution in [3.05, 3.63) is 12.2 Å². The highest BCUT2D eigenvalue weighted by molar-refractivity contribution is 7.45. The van der Waals surface area contributed by atoms with E-state index in [2.05, 4.69) is 6.58 Å². The van der Waals surface area contributed by atoms with Crippen LogP contribution in [-0.4, -0.2) is 32.3 Å². The molecule has 0 aromatic carbocycles. The molecular formula is C5H12NO6P. The van der Waals surface area contributed by atoms with Crippen molar-refractivity contribution in [1.82, 2.24) is 0 Å². The molecule has 0 aliphatic rings. The summed E-state index contributed by atoms with van der Waals surface area (Å²) in [5.41, 5.74) is 5.22. The van der Waals surface area contributed by atoms with Gasteiger partial charge in [0.2, 0.25) is 0 Å². The first-order chi connectivity index (χ1) is 5.68. The number of hydrogen-bond acceptors (Lipinski definition) is 3. The van der Waals surface area contributed by atoms with Crippen LogP contribution in [0.4, 0.5) is 0 Å². The first kappa shape index (κ1) is 14.8. The molecule has 6 N–H and O–H groups in total. The Balaban J connectivity index is 0. The van der Waals surface area contributed by atoms with E-state index in [9.17, 15) is 4.79 Å². The number of phosphoric acid groups is 1. The number of carboxylic acids is 1. The maximum atomic E-state index is 9.93. The van der Waals surface area contributed by atoms with Crippen molar-refractivity contribution in [2.24, 2.45) is 5.73 Å². The highest BCUT2D eigenvalue weighted by atomic mass is 31.2. The van der Waals surface area contributed by atoms with Crippen LogP contribution in [0.25, 0.3) is 0 Å². The molecule has 0 unspecified atom stereocenters. The average molecular weight is 213 g/mol. The molecular weight excluding hydrogens is 201 g/mol. The van der Waals surface area contributed by atoms with E-state index in [-0.39, 0.29) is 5.57 Å². The van der Waals surface area contributed by atoms with Gasteiger partial charge in [-0.05, 0) is 13.0 Å². The third-order valence-corrected chi connectivity index (χ3v) is 0.749. The van der Waals surface area contributed by atoms with Crippen LogP contribution < -0.4 is 5.73 Å². The van der Waals surface area contributed by atoms with Crippen molar-refractivity contribution >= 4 is 13.8 Å². The normalized spacial score (nSPS) is 9.85. The average Bonchev–Trinajstić information content (AvgIpc) is 1.84. The Hall–Kier alpha value is -0.720. The summed E-state index contributed by atoms with van der Waals surface area (Å²) in [4.78, 5) is 31.5. The molecule has 0 radical (unpaired) electrons. The van der Waals surface area contributed by atoms with Crippen LogP contribution in [0.3, 0.4) is 0 Å². The summed E-state index contributed by atoms with van der Waals surface area (Å²) < 4.78 is 8.88. The van der Waals surface area contributed by atoms with E-state index in [0.717, 1.165) is 0 Å². The summed E-state index contributed by atoms with van der Waals surface area (Å²) in [5, 5.41) is 8.16. The van der Waals surface area contributed by atoms with Crippen LogP contribution in [0.15, 0.2) is 12.2 Å². The van der Waals surface area contributed by atoms with Crippen LogP contribution >= 0.6 is 7.82 Å². The molecule has 0 spiro atoms. The third kappa shape index (κ3) is 24.6. The lowest BCUT2D eigenvalue weighted by Gasteiger charge is -1.92. The summed E-state index contributed by atoms with van der Waals surface area (Å²) in [6.07, 6.45) is 0.370. The van der Waals surface area contributed by atoms with Crippen molar-refractivity contribution in [2.45, 2.75) is 6.42 Å². The first-order valence-electron chi connectivity index (χ1n) is 3.08. The maximum absolute atomic E-state index is 9.93. The van der Waals surface area contributed by atoms with Crippen LogP contribution in [0.1, 0.15) is 6.42 Å². The molecule has 8 heteroatoms. The van der Waals surface area contributed by atoms with Gasteiger partial charge in [0.1, 0.15) is 0 Å². The molecule has 13 heavy (non-hydrogen) atoms. The van der Waals surface area contributed by atoms with Gasteiger partial charge in [0.05, 0.1) is 0 Å². The van der Waals surface area contributed by atoms with Crippen LogP contribution in [-0.2, 0) is 9.36 Å². The standard InChI is InChI=1S/C5H9NO2.H3O4P/c1-4(2-3-6)5(7)8;1-5(2,3)4/h1-3,6H2,(H,7,8);(H3,1,2,3,4). The van der Waals surface area contributed by atoms with Crippen LogP contribution in [0, 0.1) is 0 Å². The van der Waals surface area contributed by atoms with Crippen molar-refractivity contribution < 1.29 is 29.1 Å². The predicted molar refractivity (Wildman–Crippen MR) is 44.7 cm³/mol. The van der Waals surface area contributed by atoms with E-state index in [1.807, 2.05) is 0 Å². The zero-order valence-corrected chi connectivity index (χ0v) is 7.65. The fraction of sp³-hybridized carbons (Fsp3) is 0.400. The number of hydrogen-bond donors (Lipinski definition) is 5. The second-order valence-corrected chi connectivity index (χ2v) is 2.99. The van der Waals surface area contributed by atoms with Crippen molar-refractivity contribution in [1.29, 1.82) is 0 Å². The summed E-state index contributed by atoms with van der Waals surface area (Å²) >= 11 is 0. The lowest BCUT2D eigenvalue weighted by Crippen LogP contribution is -2.06. The molecule has 7 nitrogen and oxygen atoms in total. The van der Waals surface area contributed by atoms with Gasteiger partial charge in [-0.3, -0.25) is 0 Å². The number of carbonyl (C=O) groups is 1. The van der Waals surface area contributed by atoms with E-state index >= 15 is 0 Å². The Morgan fingerprint density at radius 3 is 1.77 bits per heavy atom. The van der Waals surface area contributed by atoms with Gasteiger partial charge in [-0.25, -0.2) is 9.36 Å². The largest absolute Gasteiger partial charge is 0.478 e. The molecule has 0 aliphatic carbocycles. The molecule has 0 bridgehead atoms. The van der Waals surface area contributed by atoms with E-state index in [4.69, 9.17) is 30.1 Å². The van der Waals surface area contributed by atoms with Gasteiger partial charge in [-0.15, -0.1) is 0 Å². The first-order valence-corrected chi connectivity index (χ1v) is 4.64. The van der Waals surface area contributed by atoms with E-state index in [0.29, 0.717) is 13.0 Å². The highest BCUT2D eigenvalue weighted by Gasteiger charge is 2.00. The number of rotatable bonds is 3. The van der Waals surface area contributed by atoms with Crippen molar-refractivity contribution in [3.8, 4) is 0 Å². The fourth-order valence-electron chi connectivity index (χ4n) is 0.281. The molecule has 0 amide bonds.